The Morgan fingerprint density at radius 3 is 2.65 bits per heavy atom. The summed E-state index contributed by atoms with van der Waals surface area (Å²) in [5.74, 6) is 1.22. The van der Waals surface area contributed by atoms with Crippen LogP contribution in [0.2, 0.25) is 0 Å². The predicted octanol–water partition coefficient (Wildman–Crippen LogP) is 2.39. The van der Waals surface area contributed by atoms with Crippen LogP contribution >= 0.6 is 0 Å². The van der Waals surface area contributed by atoms with Gasteiger partial charge >= 0.3 is 0 Å². The molecule has 0 saturated heterocycles. The van der Waals surface area contributed by atoms with Gasteiger partial charge in [-0.1, -0.05) is 0 Å². The lowest BCUT2D eigenvalue weighted by atomic mass is 10.1. The number of carbonyl (C=O) groups is 1. The van der Waals surface area contributed by atoms with Crippen molar-refractivity contribution in [2.45, 2.75) is 25.8 Å². The minimum absolute atomic E-state index is 0.0520. The lowest BCUT2D eigenvalue weighted by molar-refractivity contribution is 0.101. The highest BCUT2D eigenvalue weighted by atomic mass is 16.1. The maximum Gasteiger partial charge on any atom is 0.244 e. The number of ketones is 1. The Kier molecular flexibility index (Phi) is 3.28. The van der Waals surface area contributed by atoms with Gasteiger partial charge in [0.2, 0.25) is 5.95 Å². The molecule has 1 aliphatic rings. The minimum atomic E-state index is 0.0520. The van der Waals surface area contributed by atoms with Gasteiger partial charge in [-0.25, -0.2) is 0 Å². The van der Waals surface area contributed by atoms with Crippen LogP contribution in [0.1, 0.15) is 30.1 Å². The van der Waals surface area contributed by atoms with Gasteiger partial charge in [0.1, 0.15) is 0 Å². The first kappa shape index (κ1) is 12.5. The van der Waals surface area contributed by atoms with Crippen molar-refractivity contribution in [1.82, 2.24) is 15.2 Å². The molecule has 2 N–H and O–H groups in total. The number of anilines is 3. The van der Waals surface area contributed by atoms with Gasteiger partial charge in [-0.2, -0.15) is 10.1 Å². The van der Waals surface area contributed by atoms with Crippen molar-refractivity contribution in [1.29, 1.82) is 0 Å². The molecule has 0 spiro atoms. The summed E-state index contributed by atoms with van der Waals surface area (Å²) in [6.45, 7) is 1.55. The van der Waals surface area contributed by atoms with Gasteiger partial charge in [0.15, 0.2) is 11.6 Å². The van der Waals surface area contributed by atoms with E-state index in [2.05, 4.69) is 25.8 Å². The molecule has 0 radical (unpaired) electrons. The fourth-order valence-electron chi connectivity index (χ4n) is 1.77. The van der Waals surface area contributed by atoms with Gasteiger partial charge in [0, 0.05) is 17.3 Å². The first-order chi connectivity index (χ1) is 9.70. The van der Waals surface area contributed by atoms with Crippen LogP contribution < -0.4 is 10.6 Å². The summed E-state index contributed by atoms with van der Waals surface area (Å²) in [5.41, 5.74) is 1.54. The van der Waals surface area contributed by atoms with E-state index in [-0.39, 0.29) is 5.78 Å². The van der Waals surface area contributed by atoms with Crippen molar-refractivity contribution in [3.05, 3.63) is 36.0 Å². The molecule has 1 aromatic heterocycles. The zero-order valence-electron chi connectivity index (χ0n) is 11.1. The molecule has 0 unspecified atom stereocenters. The Hall–Kier alpha value is -2.50. The van der Waals surface area contributed by atoms with Crippen LogP contribution in [0.5, 0.6) is 0 Å². The van der Waals surface area contributed by atoms with Gasteiger partial charge in [0.25, 0.3) is 0 Å². The molecule has 2 aromatic rings. The van der Waals surface area contributed by atoms with Crippen LogP contribution in [-0.4, -0.2) is 27.0 Å². The second-order valence-corrected chi connectivity index (χ2v) is 4.84. The average molecular weight is 269 g/mol. The third-order valence-electron chi connectivity index (χ3n) is 3.03. The highest BCUT2D eigenvalue weighted by Crippen LogP contribution is 2.23. The molecule has 1 aliphatic carbocycles. The Bertz CT molecular complexity index is 622. The van der Waals surface area contributed by atoms with Crippen molar-refractivity contribution in [3.8, 4) is 0 Å². The molecule has 3 rings (SSSR count). The normalized spacial score (nSPS) is 13.8. The van der Waals surface area contributed by atoms with Crippen LogP contribution in [-0.2, 0) is 0 Å². The molecular formula is C14H15N5O. The van der Waals surface area contributed by atoms with Crippen molar-refractivity contribution >= 4 is 23.2 Å². The second-order valence-electron chi connectivity index (χ2n) is 4.84. The van der Waals surface area contributed by atoms with Gasteiger partial charge in [0.05, 0.1) is 6.20 Å². The maximum absolute atomic E-state index is 11.2. The highest BCUT2D eigenvalue weighted by molar-refractivity contribution is 5.94. The fraction of sp³-hybridized carbons (Fsp3) is 0.286. The summed E-state index contributed by atoms with van der Waals surface area (Å²) in [6, 6.07) is 7.73. The van der Waals surface area contributed by atoms with Crippen LogP contribution in [0.3, 0.4) is 0 Å². The molecule has 0 aliphatic heterocycles. The second kappa shape index (κ2) is 5.24. The summed E-state index contributed by atoms with van der Waals surface area (Å²) in [7, 11) is 0. The highest BCUT2D eigenvalue weighted by Gasteiger charge is 2.22. The Labute approximate surface area is 116 Å². The number of nitrogens with zero attached hydrogens (tertiary/aromatic N) is 3. The van der Waals surface area contributed by atoms with E-state index < -0.39 is 0 Å². The van der Waals surface area contributed by atoms with Gasteiger partial charge < -0.3 is 10.6 Å². The Morgan fingerprint density at radius 1 is 1.25 bits per heavy atom. The number of Topliss-reactive ketones (excluding diaryl/α,β-unsaturated/α-hetero) is 1. The number of nitrogens with one attached hydrogen (secondary N) is 2. The Morgan fingerprint density at radius 2 is 2.00 bits per heavy atom. The van der Waals surface area contributed by atoms with Crippen molar-refractivity contribution in [3.63, 3.8) is 0 Å². The molecular weight excluding hydrogens is 254 g/mol. The van der Waals surface area contributed by atoms with E-state index >= 15 is 0 Å². The fourth-order valence-corrected chi connectivity index (χ4v) is 1.77. The van der Waals surface area contributed by atoms with Gasteiger partial charge in [-0.3, -0.25) is 4.79 Å². The molecule has 102 valence electrons. The monoisotopic (exact) mass is 269 g/mol. The van der Waals surface area contributed by atoms with Crippen molar-refractivity contribution in [2.75, 3.05) is 10.6 Å². The first-order valence-corrected chi connectivity index (χ1v) is 6.55. The topological polar surface area (TPSA) is 79.8 Å². The summed E-state index contributed by atoms with van der Waals surface area (Å²) >= 11 is 0. The van der Waals surface area contributed by atoms with E-state index in [1.165, 1.54) is 0 Å². The number of carbonyl (C=O) groups excluding carboxylic acids is 1. The molecule has 1 fully saturated rings. The lowest BCUT2D eigenvalue weighted by Crippen LogP contribution is -2.07. The average Bonchev–Trinajstić information content (AvgIpc) is 3.24. The number of benzene rings is 1. The van der Waals surface area contributed by atoms with Crippen LogP contribution in [0.25, 0.3) is 0 Å². The Balaban J connectivity index is 1.71. The summed E-state index contributed by atoms with van der Waals surface area (Å²) in [4.78, 5) is 15.6. The summed E-state index contributed by atoms with van der Waals surface area (Å²) < 4.78 is 0. The number of rotatable bonds is 5. The van der Waals surface area contributed by atoms with Crippen LogP contribution in [0, 0.1) is 0 Å². The largest absolute Gasteiger partial charge is 0.350 e. The number of aromatic nitrogens is 3. The van der Waals surface area contributed by atoms with E-state index in [1.54, 1.807) is 25.3 Å². The molecule has 6 nitrogen and oxygen atoms in total. The standard InChI is InChI=1S/C14H15N5O/c1-9(20)10-2-4-11(5-3-10)16-13-8-15-19-14(18-13)17-12-6-7-12/h2-5,8,12H,6-7H2,1H3,(H2,16,17,18,19). The van der Waals surface area contributed by atoms with E-state index in [0.29, 0.717) is 23.4 Å². The molecule has 1 heterocycles. The molecule has 0 atom stereocenters. The van der Waals surface area contributed by atoms with Crippen LogP contribution in [0.4, 0.5) is 17.5 Å². The number of hydrogen-bond donors (Lipinski definition) is 2. The lowest BCUT2D eigenvalue weighted by Gasteiger charge is -2.07. The molecule has 0 amide bonds. The predicted molar refractivity (Wildman–Crippen MR) is 76.2 cm³/mol. The zero-order valence-corrected chi connectivity index (χ0v) is 11.1. The zero-order chi connectivity index (χ0) is 13.9. The molecule has 1 aromatic carbocycles. The SMILES string of the molecule is CC(=O)c1ccc(Nc2cnnc(NC3CC3)n2)cc1. The van der Waals surface area contributed by atoms with E-state index in [0.717, 1.165) is 18.5 Å². The van der Waals surface area contributed by atoms with E-state index in [9.17, 15) is 4.79 Å². The number of hydrogen-bond acceptors (Lipinski definition) is 6. The molecule has 0 bridgehead atoms. The molecule has 20 heavy (non-hydrogen) atoms. The first-order valence-electron chi connectivity index (χ1n) is 6.55. The smallest absolute Gasteiger partial charge is 0.244 e. The maximum atomic E-state index is 11.2. The third-order valence-corrected chi connectivity index (χ3v) is 3.03. The van der Waals surface area contributed by atoms with Crippen molar-refractivity contribution < 1.29 is 4.79 Å². The molecule has 1 saturated carbocycles. The quantitative estimate of drug-likeness (QED) is 0.811. The van der Waals surface area contributed by atoms with E-state index in [4.69, 9.17) is 0 Å². The third kappa shape index (κ3) is 3.09. The van der Waals surface area contributed by atoms with E-state index in [1.807, 2.05) is 12.1 Å². The van der Waals surface area contributed by atoms with Gasteiger partial charge in [-0.05, 0) is 44.0 Å². The molecule has 6 heteroatoms. The van der Waals surface area contributed by atoms with Crippen molar-refractivity contribution in [2.24, 2.45) is 0 Å². The summed E-state index contributed by atoms with van der Waals surface area (Å²) in [5, 5.41) is 14.2. The van der Waals surface area contributed by atoms with Crippen LogP contribution in [0.15, 0.2) is 30.5 Å². The minimum Gasteiger partial charge on any atom is -0.350 e. The van der Waals surface area contributed by atoms with Gasteiger partial charge in [-0.15, -0.1) is 5.10 Å². The summed E-state index contributed by atoms with van der Waals surface area (Å²) in [6.07, 6.45) is 3.89.